The maximum Gasteiger partial charge on any atom is 0.407 e. The second-order valence-electron chi connectivity index (χ2n) is 5.60. The highest BCUT2D eigenvalue weighted by molar-refractivity contribution is 5.67. The predicted molar refractivity (Wildman–Crippen MR) is 80.2 cm³/mol. The standard InChI is InChI=1S/C16H22FNO3/c1-16(2,3)21-15(20)18-10-5-4-7-12-8-6-9-13(11-19)14(12)17/h4,6-9,19H,5,10-11H2,1-3H3,(H,18,20). The quantitative estimate of drug-likeness (QED) is 0.820. The Kier molecular flexibility index (Phi) is 6.37. The van der Waals surface area contributed by atoms with Crippen molar-refractivity contribution in [3.63, 3.8) is 0 Å². The number of aliphatic hydroxyl groups excluding tert-OH is 1. The van der Waals surface area contributed by atoms with Gasteiger partial charge in [-0.2, -0.15) is 0 Å². The molecule has 1 aromatic rings. The first kappa shape index (κ1) is 17.2. The van der Waals surface area contributed by atoms with Gasteiger partial charge in [0.05, 0.1) is 6.61 Å². The number of nitrogens with one attached hydrogen (secondary N) is 1. The zero-order chi connectivity index (χ0) is 15.9. The Labute approximate surface area is 124 Å². The Hall–Kier alpha value is -1.88. The van der Waals surface area contributed by atoms with Crippen LogP contribution in [0.4, 0.5) is 9.18 Å². The summed E-state index contributed by atoms with van der Waals surface area (Å²) in [5.41, 5.74) is 0.163. The highest BCUT2D eigenvalue weighted by Crippen LogP contribution is 2.14. The Morgan fingerprint density at radius 3 is 2.76 bits per heavy atom. The summed E-state index contributed by atoms with van der Waals surface area (Å²) >= 11 is 0. The number of benzene rings is 1. The number of carbonyl (C=O) groups excluding carboxylic acids is 1. The van der Waals surface area contributed by atoms with Gasteiger partial charge in [0.15, 0.2) is 0 Å². The third-order valence-electron chi connectivity index (χ3n) is 2.56. The number of halogens is 1. The number of hydrogen-bond donors (Lipinski definition) is 2. The lowest BCUT2D eigenvalue weighted by atomic mass is 10.1. The van der Waals surface area contributed by atoms with Crippen molar-refractivity contribution in [3.05, 3.63) is 41.2 Å². The Morgan fingerprint density at radius 1 is 1.43 bits per heavy atom. The average Bonchev–Trinajstić information content (AvgIpc) is 2.38. The predicted octanol–water partition coefficient (Wildman–Crippen LogP) is 3.25. The summed E-state index contributed by atoms with van der Waals surface area (Å²) in [5.74, 6) is -0.420. The van der Waals surface area contributed by atoms with Crippen molar-refractivity contribution < 1.29 is 19.0 Å². The number of rotatable bonds is 5. The number of alkyl carbamates (subject to hydrolysis) is 1. The van der Waals surface area contributed by atoms with Crippen molar-refractivity contribution in [1.29, 1.82) is 0 Å². The van der Waals surface area contributed by atoms with E-state index < -0.39 is 17.5 Å². The molecule has 4 nitrogen and oxygen atoms in total. The van der Waals surface area contributed by atoms with E-state index in [0.717, 1.165) is 0 Å². The van der Waals surface area contributed by atoms with Crippen LogP contribution in [-0.2, 0) is 11.3 Å². The number of ether oxygens (including phenoxy) is 1. The van der Waals surface area contributed by atoms with Crippen LogP contribution < -0.4 is 5.32 Å². The molecule has 0 bridgehead atoms. The van der Waals surface area contributed by atoms with E-state index in [4.69, 9.17) is 9.84 Å². The molecular weight excluding hydrogens is 273 g/mol. The van der Waals surface area contributed by atoms with E-state index in [1.165, 1.54) is 6.07 Å². The van der Waals surface area contributed by atoms with Crippen molar-refractivity contribution >= 4 is 12.2 Å². The molecular formula is C16H22FNO3. The smallest absolute Gasteiger partial charge is 0.407 e. The molecule has 1 aromatic carbocycles. The molecule has 21 heavy (non-hydrogen) atoms. The molecule has 0 aliphatic rings. The van der Waals surface area contributed by atoms with E-state index in [0.29, 0.717) is 18.5 Å². The molecule has 0 spiro atoms. The van der Waals surface area contributed by atoms with Gasteiger partial charge >= 0.3 is 6.09 Å². The lowest BCUT2D eigenvalue weighted by Crippen LogP contribution is -2.32. The van der Waals surface area contributed by atoms with Gasteiger partial charge in [-0.05, 0) is 27.2 Å². The van der Waals surface area contributed by atoms with Gasteiger partial charge in [-0.3, -0.25) is 0 Å². The van der Waals surface area contributed by atoms with Crippen LogP contribution in [0.2, 0.25) is 0 Å². The van der Waals surface area contributed by atoms with Crippen LogP contribution in [0.3, 0.4) is 0 Å². The molecule has 5 heteroatoms. The van der Waals surface area contributed by atoms with Crippen LogP contribution >= 0.6 is 0 Å². The average molecular weight is 295 g/mol. The molecule has 0 saturated carbocycles. The highest BCUT2D eigenvalue weighted by atomic mass is 19.1. The summed E-state index contributed by atoms with van der Waals surface area (Å²) < 4.78 is 18.9. The number of amides is 1. The van der Waals surface area contributed by atoms with Crippen molar-refractivity contribution in [2.75, 3.05) is 6.54 Å². The molecule has 0 unspecified atom stereocenters. The molecule has 0 fully saturated rings. The van der Waals surface area contributed by atoms with Crippen LogP contribution in [0.15, 0.2) is 24.3 Å². The number of carbonyl (C=O) groups is 1. The van der Waals surface area contributed by atoms with Crippen LogP contribution in [0.25, 0.3) is 6.08 Å². The first-order valence-electron chi connectivity index (χ1n) is 6.85. The molecule has 0 aliphatic heterocycles. The number of aliphatic hydroxyl groups is 1. The maximum atomic E-state index is 13.8. The van der Waals surface area contributed by atoms with E-state index in [9.17, 15) is 9.18 Å². The second-order valence-corrected chi connectivity index (χ2v) is 5.60. The van der Waals surface area contributed by atoms with Crippen LogP contribution in [0.1, 0.15) is 38.3 Å². The molecule has 1 rings (SSSR count). The van der Waals surface area contributed by atoms with Gasteiger partial charge in [-0.15, -0.1) is 0 Å². The molecule has 0 aliphatic carbocycles. The molecule has 0 atom stereocenters. The highest BCUT2D eigenvalue weighted by Gasteiger charge is 2.15. The Bertz CT molecular complexity index is 507. The molecule has 0 aromatic heterocycles. The van der Waals surface area contributed by atoms with Crippen molar-refractivity contribution in [3.8, 4) is 0 Å². The first-order valence-corrected chi connectivity index (χ1v) is 6.85. The fourth-order valence-corrected chi connectivity index (χ4v) is 1.63. The molecule has 2 N–H and O–H groups in total. The summed E-state index contributed by atoms with van der Waals surface area (Å²) in [7, 11) is 0. The third kappa shape index (κ3) is 6.40. The first-order chi connectivity index (χ1) is 9.83. The molecule has 0 saturated heterocycles. The topological polar surface area (TPSA) is 58.6 Å². The summed E-state index contributed by atoms with van der Waals surface area (Å²) in [6.07, 6.45) is 3.48. The lowest BCUT2D eigenvalue weighted by Gasteiger charge is -2.19. The van der Waals surface area contributed by atoms with Gasteiger partial charge < -0.3 is 15.2 Å². The van der Waals surface area contributed by atoms with Gasteiger partial charge in [0.25, 0.3) is 0 Å². The van der Waals surface area contributed by atoms with Crippen molar-refractivity contribution in [2.24, 2.45) is 0 Å². The third-order valence-corrected chi connectivity index (χ3v) is 2.56. The van der Waals surface area contributed by atoms with Gasteiger partial charge in [-0.25, -0.2) is 9.18 Å². The molecule has 116 valence electrons. The van der Waals surface area contributed by atoms with Crippen LogP contribution in [0, 0.1) is 5.82 Å². The largest absolute Gasteiger partial charge is 0.444 e. The zero-order valence-corrected chi connectivity index (χ0v) is 12.6. The van der Waals surface area contributed by atoms with Crippen LogP contribution in [0.5, 0.6) is 0 Å². The van der Waals surface area contributed by atoms with Crippen LogP contribution in [-0.4, -0.2) is 23.3 Å². The fraction of sp³-hybridized carbons (Fsp3) is 0.438. The van der Waals surface area contributed by atoms with E-state index in [-0.39, 0.29) is 12.2 Å². The zero-order valence-electron chi connectivity index (χ0n) is 12.6. The minimum absolute atomic E-state index is 0.268. The van der Waals surface area contributed by atoms with Gasteiger partial charge in [0, 0.05) is 17.7 Å². The van der Waals surface area contributed by atoms with Gasteiger partial charge in [0.1, 0.15) is 11.4 Å². The maximum absolute atomic E-state index is 13.8. The summed E-state index contributed by atoms with van der Waals surface area (Å²) in [6, 6.07) is 4.86. The van der Waals surface area contributed by atoms with E-state index in [1.807, 2.05) is 0 Å². The summed E-state index contributed by atoms with van der Waals surface area (Å²) in [6.45, 7) is 5.47. The Morgan fingerprint density at radius 2 is 2.14 bits per heavy atom. The normalized spacial score (nSPS) is 11.7. The van der Waals surface area contributed by atoms with Crippen molar-refractivity contribution in [1.82, 2.24) is 5.32 Å². The summed E-state index contributed by atoms with van der Waals surface area (Å²) in [4.78, 5) is 11.4. The Balaban J connectivity index is 2.41. The SMILES string of the molecule is CC(C)(C)OC(=O)NCCC=Cc1cccc(CO)c1F. The molecule has 0 radical (unpaired) electrons. The van der Waals surface area contributed by atoms with E-state index in [1.54, 1.807) is 45.1 Å². The minimum atomic E-state index is -0.520. The summed E-state index contributed by atoms with van der Waals surface area (Å²) in [5, 5.41) is 11.6. The van der Waals surface area contributed by atoms with Gasteiger partial charge in [-0.1, -0.05) is 30.4 Å². The molecule has 1 amide bonds. The van der Waals surface area contributed by atoms with Crippen molar-refractivity contribution in [2.45, 2.75) is 39.4 Å². The monoisotopic (exact) mass is 295 g/mol. The van der Waals surface area contributed by atoms with Gasteiger partial charge in [0.2, 0.25) is 0 Å². The lowest BCUT2D eigenvalue weighted by molar-refractivity contribution is 0.0529. The fourth-order valence-electron chi connectivity index (χ4n) is 1.63. The molecule has 0 heterocycles. The second kappa shape index (κ2) is 7.78. The minimum Gasteiger partial charge on any atom is -0.444 e. The van der Waals surface area contributed by atoms with E-state index >= 15 is 0 Å². The van der Waals surface area contributed by atoms with E-state index in [2.05, 4.69) is 5.32 Å². The number of hydrogen-bond acceptors (Lipinski definition) is 3.